The molecule has 0 saturated heterocycles. The van der Waals surface area contributed by atoms with Gasteiger partial charge < -0.3 is 4.57 Å². The van der Waals surface area contributed by atoms with Crippen LogP contribution in [0.25, 0.3) is 10.2 Å². The first kappa shape index (κ1) is 19.5. The van der Waals surface area contributed by atoms with E-state index in [1.807, 2.05) is 0 Å². The summed E-state index contributed by atoms with van der Waals surface area (Å²) in [5.74, 6) is 1.81. The van der Waals surface area contributed by atoms with Crippen LogP contribution in [-0.2, 0) is 16.4 Å². The summed E-state index contributed by atoms with van der Waals surface area (Å²) in [6.07, 6.45) is 6.52. The number of nitro groups is 1. The fraction of sp³-hybridized carbons (Fsp3) is 0.111. The monoisotopic (exact) mass is 415 g/mol. The standard InChI is InChI=1S/C18H13N3O5S2/c1-3-9-20-15-8-7-14(28(2,25)26)11-16(15)27-18(20)19-17(22)12-5-4-6-13(10-12)21(23)24/h1,4-8,10-11H,9H2,2H3. The number of carbonyl (C=O) groups is 1. The normalized spacial score (nSPS) is 12.1. The van der Waals surface area contributed by atoms with Gasteiger partial charge in [-0.05, 0) is 24.3 Å². The van der Waals surface area contributed by atoms with Crippen LogP contribution in [0.15, 0.2) is 52.4 Å². The van der Waals surface area contributed by atoms with Crippen molar-refractivity contribution in [2.24, 2.45) is 4.99 Å². The number of rotatable bonds is 4. The Morgan fingerprint density at radius 2 is 2.07 bits per heavy atom. The van der Waals surface area contributed by atoms with Crippen molar-refractivity contribution in [3.8, 4) is 12.3 Å². The molecule has 0 radical (unpaired) electrons. The number of non-ortho nitro benzene ring substituents is 1. The van der Waals surface area contributed by atoms with Crippen LogP contribution in [0.4, 0.5) is 5.69 Å². The Kier molecular flexibility index (Phi) is 5.13. The highest BCUT2D eigenvalue weighted by atomic mass is 32.2. The molecule has 1 aromatic heterocycles. The molecule has 8 nitrogen and oxygen atoms in total. The SMILES string of the molecule is C#CCn1c(=NC(=O)c2cccc([N+](=O)[O-])c2)sc2cc(S(C)(=O)=O)ccc21. The van der Waals surface area contributed by atoms with Crippen molar-refractivity contribution in [2.45, 2.75) is 11.4 Å². The lowest BCUT2D eigenvalue weighted by molar-refractivity contribution is -0.384. The summed E-state index contributed by atoms with van der Waals surface area (Å²) in [6, 6.07) is 9.83. The van der Waals surface area contributed by atoms with Gasteiger partial charge in [0, 0.05) is 24.0 Å². The quantitative estimate of drug-likeness (QED) is 0.369. The second-order valence-electron chi connectivity index (χ2n) is 5.80. The molecule has 0 atom stereocenters. The van der Waals surface area contributed by atoms with Gasteiger partial charge in [-0.2, -0.15) is 4.99 Å². The van der Waals surface area contributed by atoms with Gasteiger partial charge >= 0.3 is 0 Å². The molecule has 1 heterocycles. The van der Waals surface area contributed by atoms with E-state index in [0.29, 0.717) is 10.2 Å². The van der Waals surface area contributed by atoms with E-state index in [1.165, 1.54) is 30.3 Å². The molecule has 0 aliphatic heterocycles. The van der Waals surface area contributed by atoms with Crippen LogP contribution in [0.5, 0.6) is 0 Å². The first-order valence-corrected chi connectivity index (χ1v) is 10.5. The molecular weight excluding hydrogens is 402 g/mol. The number of fused-ring (bicyclic) bond motifs is 1. The Bertz CT molecular complexity index is 1330. The minimum atomic E-state index is -3.39. The zero-order chi connectivity index (χ0) is 20.5. The fourth-order valence-corrected chi connectivity index (χ4v) is 4.31. The number of thiazole rings is 1. The molecule has 142 valence electrons. The Hall–Kier alpha value is -3.29. The van der Waals surface area contributed by atoms with Gasteiger partial charge in [-0.25, -0.2) is 8.42 Å². The van der Waals surface area contributed by atoms with Gasteiger partial charge in [0.25, 0.3) is 11.6 Å². The van der Waals surface area contributed by atoms with Gasteiger partial charge in [0.15, 0.2) is 14.6 Å². The number of hydrogen-bond acceptors (Lipinski definition) is 6. The molecule has 2 aromatic carbocycles. The summed E-state index contributed by atoms with van der Waals surface area (Å²) in [5, 5.41) is 10.9. The maximum Gasteiger partial charge on any atom is 0.279 e. The van der Waals surface area contributed by atoms with Crippen molar-refractivity contribution >= 4 is 43.0 Å². The average molecular weight is 415 g/mol. The zero-order valence-corrected chi connectivity index (χ0v) is 16.2. The third-order valence-electron chi connectivity index (χ3n) is 3.83. The summed E-state index contributed by atoms with van der Waals surface area (Å²) >= 11 is 1.11. The predicted molar refractivity (Wildman–Crippen MR) is 105 cm³/mol. The first-order valence-electron chi connectivity index (χ1n) is 7.81. The molecule has 0 N–H and O–H groups in total. The third kappa shape index (κ3) is 3.85. The maximum atomic E-state index is 12.5. The maximum absolute atomic E-state index is 12.5. The molecule has 3 aromatic rings. The van der Waals surface area contributed by atoms with E-state index < -0.39 is 20.7 Å². The molecule has 3 rings (SSSR count). The highest BCUT2D eigenvalue weighted by molar-refractivity contribution is 7.90. The van der Waals surface area contributed by atoms with E-state index in [0.717, 1.165) is 23.7 Å². The second-order valence-corrected chi connectivity index (χ2v) is 8.83. The summed E-state index contributed by atoms with van der Waals surface area (Å²) < 4.78 is 25.8. The molecule has 0 spiro atoms. The number of sulfone groups is 1. The molecule has 0 aliphatic carbocycles. The molecule has 0 saturated carbocycles. The van der Waals surface area contributed by atoms with E-state index in [4.69, 9.17) is 6.42 Å². The molecule has 0 unspecified atom stereocenters. The Morgan fingerprint density at radius 3 is 2.71 bits per heavy atom. The number of hydrogen-bond donors (Lipinski definition) is 0. The topological polar surface area (TPSA) is 112 Å². The van der Waals surface area contributed by atoms with Crippen LogP contribution >= 0.6 is 11.3 Å². The van der Waals surface area contributed by atoms with Gasteiger partial charge in [-0.3, -0.25) is 14.9 Å². The first-order chi connectivity index (χ1) is 13.2. The van der Waals surface area contributed by atoms with Gasteiger partial charge in [0.05, 0.1) is 26.6 Å². The lowest BCUT2D eigenvalue weighted by Crippen LogP contribution is -2.16. The van der Waals surface area contributed by atoms with Crippen LogP contribution in [0.1, 0.15) is 10.4 Å². The van der Waals surface area contributed by atoms with Crippen molar-refractivity contribution in [1.29, 1.82) is 0 Å². The number of nitro benzene ring substituents is 1. The third-order valence-corrected chi connectivity index (χ3v) is 5.98. The summed E-state index contributed by atoms with van der Waals surface area (Å²) in [4.78, 5) is 27.3. The molecule has 0 bridgehead atoms. The van der Waals surface area contributed by atoms with E-state index in [1.54, 1.807) is 10.6 Å². The van der Waals surface area contributed by atoms with Crippen LogP contribution in [0.2, 0.25) is 0 Å². The number of amides is 1. The summed E-state index contributed by atoms with van der Waals surface area (Å²) in [7, 11) is -3.39. The number of terminal acetylenes is 1. The predicted octanol–water partition coefficient (Wildman–Crippen LogP) is 2.39. The van der Waals surface area contributed by atoms with E-state index in [-0.39, 0.29) is 27.5 Å². The smallest absolute Gasteiger partial charge is 0.279 e. The number of aromatic nitrogens is 1. The lowest BCUT2D eigenvalue weighted by Gasteiger charge is -2.01. The van der Waals surface area contributed by atoms with Gasteiger partial charge in [-0.1, -0.05) is 23.3 Å². The Balaban J connectivity index is 2.17. The summed E-state index contributed by atoms with van der Waals surface area (Å²) in [6.45, 7) is 0.124. The number of carbonyl (C=O) groups excluding carboxylic acids is 1. The lowest BCUT2D eigenvalue weighted by atomic mass is 10.2. The zero-order valence-electron chi connectivity index (χ0n) is 14.5. The number of nitrogens with zero attached hydrogens (tertiary/aromatic N) is 3. The molecular formula is C18H13N3O5S2. The van der Waals surface area contributed by atoms with Crippen molar-refractivity contribution in [1.82, 2.24) is 4.57 Å². The van der Waals surface area contributed by atoms with Crippen LogP contribution in [-0.4, -0.2) is 30.1 Å². The largest absolute Gasteiger partial charge is 0.305 e. The number of benzene rings is 2. The van der Waals surface area contributed by atoms with Crippen molar-refractivity contribution in [3.63, 3.8) is 0 Å². The van der Waals surface area contributed by atoms with E-state index >= 15 is 0 Å². The molecule has 0 fully saturated rings. The highest BCUT2D eigenvalue weighted by Gasteiger charge is 2.14. The fourth-order valence-electron chi connectivity index (χ4n) is 2.52. The van der Waals surface area contributed by atoms with Crippen molar-refractivity contribution < 1.29 is 18.1 Å². The molecule has 1 amide bonds. The van der Waals surface area contributed by atoms with Crippen molar-refractivity contribution in [3.05, 3.63) is 62.9 Å². The van der Waals surface area contributed by atoms with Gasteiger partial charge in [0.1, 0.15) is 0 Å². The minimum Gasteiger partial charge on any atom is -0.305 e. The van der Waals surface area contributed by atoms with Crippen LogP contribution in [0.3, 0.4) is 0 Å². The van der Waals surface area contributed by atoms with Crippen molar-refractivity contribution in [2.75, 3.05) is 6.26 Å². The Labute approximate surface area is 163 Å². The van der Waals surface area contributed by atoms with Crippen LogP contribution < -0.4 is 4.80 Å². The molecule has 28 heavy (non-hydrogen) atoms. The Morgan fingerprint density at radius 1 is 1.32 bits per heavy atom. The summed E-state index contributed by atoms with van der Waals surface area (Å²) in [5.41, 5.74) is 0.489. The average Bonchev–Trinajstić information content (AvgIpc) is 2.98. The van der Waals surface area contributed by atoms with Crippen LogP contribution in [0, 0.1) is 22.5 Å². The second kappa shape index (κ2) is 7.38. The highest BCUT2D eigenvalue weighted by Crippen LogP contribution is 2.22. The van der Waals surface area contributed by atoms with Gasteiger partial charge in [-0.15, -0.1) is 6.42 Å². The van der Waals surface area contributed by atoms with E-state index in [9.17, 15) is 23.3 Å². The molecule has 10 heteroatoms. The minimum absolute atomic E-state index is 0.0655. The van der Waals surface area contributed by atoms with E-state index in [2.05, 4.69) is 10.9 Å². The van der Waals surface area contributed by atoms with Gasteiger partial charge in [0.2, 0.25) is 0 Å². The molecule has 0 aliphatic rings.